The minimum atomic E-state index is 0.802. The van der Waals surface area contributed by atoms with Gasteiger partial charge in [0.15, 0.2) is 0 Å². The molecular weight excluding hydrogens is 308 g/mol. The van der Waals surface area contributed by atoms with Gasteiger partial charge in [0.2, 0.25) is 0 Å². The Morgan fingerprint density at radius 3 is 1.74 bits per heavy atom. The second kappa shape index (κ2) is 4.43. The monoisotopic (exact) mass is 320 g/mol. The zero-order valence-electron chi connectivity index (χ0n) is 12.6. The standard InChI is InChI=1S/C18H12N2O2S/c1-21-13-5-3-9-15-10(4-6-14(22-2)16(13)15)18-17(9)19-11-7-23-8-12(11)20-18/h3-8H,1-2H3. The number of aromatic nitrogens is 2. The SMILES string of the molecule is COc1ccc2c3c(ccc(OC)c13)-c1nc3cscc3nc1-2. The number of fused-ring (bicyclic) bond motifs is 4. The summed E-state index contributed by atoms with van der Waals surface area (Å²) >= 11 is 1.63. The maximum absolute atomic E-state index is 5.55. The van der Waals surface area contributed by atoms with E-state index in [0.29, 0.717) is 0 Å². The molecule has 1 aliphatic rings. The van der Waals surface area contributed by atoms with Crippen molar-refractivity contribution in [3.63, 3.8) is 0 Å². The zero-order chi connectivity index (χ0) is 15.6. The van der Waals surface area contributed by atoms with Gasteiger partial charge in [-0.2, -0.15) is 0 Å². The molecule has 5 rings (SSSR count). The zero-order valence-corrected chi connectivity index (χ0v) is 13.4. The van der Waals surface area contributed by atoms with Crippen molar-refractivity contribution in [1.29, 1.82) is 0 Å². The molecule has 2 aromatic carbocycles. The molecule has 2 aromatic heterocycles. The Hall–Kier alpha value is -2.66. The fourth-order valence-electron chi connectivity index (χ4n) is 3.34. The molecule has 4 nitrogen and oxygen atoms in total. The smallest absolute Gasteiger partial charge is 0.130 e. The lowest BCUT2D eigenvalue weighted by atomic mass is 10.0. The van der Waals surface area contributed by atoms with Crippen molar-refractivity contribution in [1.82, 2.24) is 9.97 Å². The molecular formula is C18H12N2O2S. The highest BCUT2D eigenvalue weighted by Gasteiger charge is 2.27. The minimum Gasteiger partial charge on any atom is -0.496 e. The lowest BCUT2D eigenvalue weighted by Crippen LogP contribution is -1.90. The van der Waals surface area contributed by atoms with E-state index in [1.807, 2.05) is 22.9 Å². The van der Waals surface area contributed by atoms with Gasteiger partial charge in [0.25, 0.3) is 0 Å². The predicted molar refractivity (Wildman–Crippen MR) is 92.5 cm³/mol. The molecule has 0 bridgehead atoms. The van der Waals surface area contributed by atoms with Crippen molar-refractivity contribution in [2.24, 2.45) is 0 Å². The number of hydrogen-bond donors (Lipinski definition) is 0. The van der Waals surface area contributed by atoms with Gasteiger partial charge in [0, 0.05) is 27.3 Å². The summed E-state index contributed by atoms with van der Waals surface area (Å²) < 4.78 is 11.1. The highest BCUT2D eigenvalue weighted by Crippen LogP contribution is 2.50. The van der Waals surface area contributed by atoms with Crippen LogP contribution in [0.15, 0.2) is 35.0 Å². The van der Waals surface area contributed by atoms with Crippen molar-refractivity contribution in [3.8, 4) is 34.0 Å². The second-order valence-corrected chi connectivity index (χ2v) is 6.19. The normalized spacial score (nSPS) is 11.9. The van der Waals surface area contributed by atoms with E-state index < -0.39 is 0 Å². The molecule has 23 heavy (non-hydrogen) atoms. The van der Waals surface area contributed by atoms with Crippen LogP contribution in [0.25, 0.3) is 44.3 Å². The van der Waals surface area contributed by atoms with Crippen molar-refractivity contribution in [3.05, 3.63) is 35.0 Å². The predicted octanol–water partition coefficient (Wildman–Crippen LogP) is 4.51. The Labute approximate surface area is 136 Å². The lowest BCUT2D eigenvalue weighted by Gasteiger charge is -2.11. The summed E-state index contributed by atoms with van der Waals surface area (Å²) in [6.45, 7) is 0. The van der Waals surface area contributed by atoms with Crippen molar-refractivity contribution in [2.45, 2.75) is 0 Å². The minimum absolute atomic E-state index is 0.802. The summed E-state index contributed by atoms with van der Waals surface area (Å²) in [7, 11) is 3.36. The summed E-state index contributed by atoms with van der Waals surface area (Å²) in [6, 6.07) is 8.06. The molecule has 0 amide bonds. The molecule has 0 saturated carbocycles. The third-order valence-corrected chi connectivity index (χ3v) is 5.06. The van der Waals surface area contributed by atoms with Gasteiger partial charge in [0.1, 0.15) is 22.5 Å². The van der Waals surface area contributed by atoms with Crippen LogP contribution < -0.4 is 9.47 Å². The van der Waals surface area contributed by atoms with Gasteiger partial charge < -0.3 is 9.47 Å². The highest BCUT2D eigenvalue weighted by atomic mass is 32.1. The van der Waals surface area contributed by atoms with Crippen LogP contribution in [0.4, 0.5) is 0 Å². The van der Waals surface area contributed by atoms with E-state index in [9.17, 15) is 0 Å². The molecule has 0 N–H and O–H groups in total. The fraction of sp³-hybridized carbons (Fsp3) is 0.111. The highest BCUT2D eigenvalue weighted by molar-refractivity contribution is 7.09. The van der Waals surface area contributed by atoms with Gasteiger partial charge >= 0.3 is 0 Å². The van der Waals surface area contributed by atoms with Gasteiger partial charge in [-0.15, -0.1) is 11.3 Å². The lowest BCUT2D eigenvalue weighted by molar-refractivity contribution is 0.405. The van der Waals surface area contributed by atoms with Gasteiger partial charge in [-0.3, -0.25) is 0 Å². The molecule has 0 spiro atoms. The van der Waals surface area contributed by atoms with Crippen LogP contribution in [0.3, 0.4) is 0 Å². The Bertz CT molecular complexity index is 1020. The maximum Gasteiger partial charge on any atom is 0.130 e. The second-order valence-electron chi connectivity index (χ2n) is 5.44. The number of methoxy groups -OCH3 is 2. The molecule has 112 valence electrons. The van der Waals surface area contributed by atoms with E-state index in [1.54, 1.807) is 25.6 Å². The summed E-state index contributed by atoms with van der Waals surface area (Å²) in [5.74, 6) is 1.60. The van der Waals surface area contributed by atoms with Gasteiger partial charge in [-0.25, -0.2) is 9.97 Å². The molecule has 1 aliphatic carbocycles. The number of rotatable bonds is 2. The summed E-state index contributed by atoms with van der Waals surface area (Å²) in [4.78, 5) is 9.67. The first kappa shape index (κ1) is 12.8. The third-order valence-electron chi connectivity index (χ3n) is 4.34. The van der Waals surface area contributed by atoms with Crippen LogP contribution in [0.5, 0.6) is 11.5 Å². The van der Waals surface area contributed by atoms with Crippen LogP contribution in [-0.4, -0.2) is 24.2 Å². The van der Waals surface area contributed by atoms with E-state index >= 15 is 0 Å². The van der Waals surface area contributed by atoms with Crippen LogP contribution in [0.1, 0.15) is 0 Å². The van der Waals surface area contributed by atoms with Crippen LogP contribution >= 0.6 is 11.3 Å². The quantitative estimate of drug-likeness (QED) is 0.480. The molecule has 2 heterocycles. The van der Waals surface area contributed by atoms with Crippen molar-refractivity contribution in [2.75, 3.05) is 14.2 Å². The van der Waals surface area contributed by atoms with E-state index in [2.05, 4.69) is 12.1 Å². The Kier molecular flexibility index (Phi) is 2.47. The Balaban J connectivity index is 1.98. The fourth-order valence-corrected chi connectivity index (χ4v) is 4.01. The summed E-state index contributed by atoms with van der Waals surface area (Å²) in [5.41, 5.74) is 5.93. The van der Waals surface area contributed by atoms with Gasteiger partial charge in [0.05, 0.1) is 31.0 Å². The van der Waals surface area contributed by atoms with Crippen LogP contribution in [0.2, 0.25) is 0 Å². The number of thiophene rings is 1. The third kappa shape index (κ3) is 1.55. The largest absolute Gasteiger partial charge is 0.496 e. The topological polar surface area (TPSA) is 44.2 Å². The van der Waals surface area contributed by atoms with E-state index in [4.69, 9.17) is 19.4 Å². The number of benzene rings is 2. The summed E-state index contributed by atoms with van der Waals surface area (Å²) in [6.07, 6.45) is 0. The van der Waals surface area contributed by atoms with E-state index in [1.165, 1.54) is 0 Å². The first-order chi connectivity index (χ1) is 11.3. The number of ether oxygens (including phenoxy) is 2. The summed E-state index contributed by atoms with van der Waals surface area (Å²) in [5, 5.41) is 6.15. The molecule has 0 saturated heterocycles. The molecule has 0 atom stereocenters. The van der Waals surface area contributed by atoms with E-state index in [-0.39, 0.29) is 0 Å². The van der Waals surface area contributed by atoms with Crippen molar-refractivity contribution < 1.29 is 9.47 Å². The van der Waals surface area contributed by atoms with Gasteiger partial charge in [-0.1, -0.05) is 0 Å². The molecule has 4 aromatic rings. The van der Waals surface area contributed by atoms with Gasteiger partial charge in [-0.05, 0) is 24.3 Å². The average Bonchev–Trinajstić information content (AvgIpc) is 3.17. The van der Waals surface area contributed by atoms with Crippen molar-refractivity contribution >= 4 is 33.1 Å². The first-order valence-electron chi connectivity index (χ1n) is 7.24. The number of nitrogens with zero attached hydrogens (tertiary/aromatic N) is 2. The average molecular weight is 320 g/mol. The maximum atomic E-state index is 5.55. The Morgan fingerprint density at radius 2 is 1.26 bits per heavy atom. The van der Waals surface area contributed by atoms with Crippen LogP contribution in [0, 0.1) is 0 Å². The molecule has 0 fully saturated rings. The number of hydrogen-bond acceptors (Lipinski definition) is 5. The van der Waals surface area contributed by atoms with E-state index in [0.717, 1.165) is 55.8 Å². The first-order valence-corrected chi connectivity index (χ1v) is 8.18. The molecule has 0 radical (unpaired) electrons. The molecule has 0 unspecified atom stereocenters. The van der Waals surface area contributed by atoms with Crippen LogP contribution in [-0.2, 0) is 0 Å². The molecule has 0 aliphatic heterocycles. The Morgan fingerprint density at radius 1 is 0.739 bits per heavy atom. The molecule has 5 heteroatoms.